The minimum Gasteiger partial charge on any atom is -0.459 e. The highest BCUT2D eigenvalue weighted by Gasteiger charge is 2.36. The molecule has 1 aliphatic carbocycles. The van der Waals surface area contributed by atoms with Crippen molar-refractivity contribution in [2.45, 2.75) is 37.6 Å². The SMILES string of the molecule is O=C(Nc1nnc(C2CC2)s1)C1CCCN1C(=O)c1ccco1. The van der Waals surface area contributed by atoms with Crippen molar-refractivity contribution in [2.24, 2.45) is 0 Å². The molecule has 1 N–H and O–H groups in total. The van der Waals surface area contributed by atoms with Gasteiger partial charge in [0.2, 0.25) is 11.0 Å². The lowest BCUT2D eigenvalue weighted by molar-refractivity contribution is -0.119. The van der Waals surface area contributed by atoms with Gasteiger partial charge in [-0.05, 0) is 37.8 Å². The molecule has 23 heavy (non-hydrogen) atoms. The molecule has 1 atom stereocenters. The van der Waals surface area contributed by atoms with Crippen LogP contribution in [0.25, 0.3) is 0 Å². The van der Waals surface area contributed by atoms with E-state index in [1.165, 1.54) is 17.6 Å². The van der Waals surface area contributed by atoms with Crippen LogP contribution in [0.4, 0.5) is 5.13 Å². The zero-order valence-corrected chi connectivity index (χ0v) is 13.2. The van der Waals surface area contributed by atoms with E-state index in [2.05, 4.69) is 15.5 Å². The largest absolute Gasteiger partial charge is 0.459 e. The fraction of sp³-hybridized carbons (Fsp3) is 0.467. The summed E-state index contributed by atoms with van der Waals surface area (Å²) >= 11 is 1.42. The number of furan rings is 1. The number of nitrogens with zero attached hydrogens (tertiary/aromatic N) is 3. The Balaban J connectivity index is 1.44. The number of rotatable bonds is 4. The van der Waals surface area contributed by atoms with Crippen molar-refractivity contribution in [2.75, 3.05) is 11.9 Å². The lowest BCUT2D eigenvalue weighted by Crippen LogP contribution is -2.43. The zero-order chi connectivity index (χ0) is 15.8. The van der Waals surface area contributed by atoms with Gasteiger partial charge in [-0.2, -0.15) is 0 Å². The smallest absolute Gasteiger partial charge is 0.290 e. The number of amides is 2. The third kappa shape index (κ3) is 2.86. The van der Waals surface area contributed by atoms with Crippen LogP contribution in [0, 0.1) is 0 Å². The number of carbonyl (C=O) groups excluding carboxylic acids is 2. The second-order valence-electron chi connectivity index (χ2n) is 5.84. The third-order valence-corrected chi connectivity index (χ3v) is 5.15. The Morgan fingerprint density at radius 3 is 2.91 bits per heavy atom. The molecule has 0 aromatic carbocycles. The van der Waals surface area contributed by atoms with Crippen LogP contribution in [-0.4, -0.2) is 39.5 Å². The molecule has 7 nitrogen and oxygen atoms in total. The summed E-state index contributed by atoms with van der Waals surface area (Å²) in [7, 11) is 0. The zero-order valence-electron chi connectivity index (χ0n) is 12.4. The van der Waals surface area contributed by atoms with E-state index in [0.717, 1.165) is 24.3 Å². The van der Waals surface area contributed by atoms with E-state index in [9.17, 15) is 9.59 Å². The predicted octanol–water partition coefficient (Wildman–Crippen LogP) is 2.25. The lowest BCUT2D eigenvalue weighted by Gasteiger charge is -2.22. The molecule has 2 fully saturated rings. The molecule has 1 saturated heterocycles. The number of carbonyl (C=O) groups is 2. The number of hydrogen-bond donors (Lipinski definition) is 1. The lowest BCUT2D eigenvalue weighted by atomic mass is 10.2. The fourth-order valence-electron chi connectivity index (χ4n) is 2.79. The average molecular weight is 332 g/mol. The van der Waals surface area contributed by atoms with E-state index in [-0.39, 0.29) is 17.6 Å². The van der Waals surface area contributed by atoms with Crippen molar-refractivity contribution in [3.05, 3.63) is 29.2 Å². The highest BCUT2D eigenvalue weighted by atomic mass is 32.1. The molecule has 8 heteroatoms. The van der Waals surface area contributed by atoms with Gasteiger partial charge in [0, 0.05) is 12.5 Å². The van der Waals surface area contributed by atoms with Gasteiger partial charge in [-0.25, -0.2) is 0 Å². The Labute approximate surface area is 136 Å². The van der Waals surface area contributed by atoms with Crippen LogP contribution in [-0.2, 0) is 4.79 Å². The molecule has 4 rings (SSSR count). The number of nitrogens with one attached hydrogen (secondary N) is 1. The first-order chi connectivity index (χ1) is 11.2. The minimum atomic E-state index is -0.485. The molecule has 3 heterocycles. The standard InChI is InChI=1S/C15H16N4O3S/c20-12(16-15-18-17-13(23-15)9-5-6-9)10-3-1-7-19(10)14(21)11-4-2-8-22-11/h2,4,8-10H,1,3,5-7H2,(H,16,18,20). The van der Waals surface area contributed by atoms with E-state index < -0.39 is 6.04 Å². The van der Waals surface area contributed by atoms with Crippen LogP contribution >= 0.6 is 11.3 Å². The van der Waals surface area contributed by atoms with Crippen LogP contribution in [0.15, 0.2) is 22.8 Å². The molecule has 2 aromatic heterocycles. The van der Waals surface area contributed by atoms with Crippen LogP contribution in [0.1, 0.15) is 47.2 Å². The van der Waals surface area contributed by atoms with Crippen molar-refractivity contribution >= 4 is 28.3 Å². The maximum Gasteiger partial charge on any atom is 0.290 e. The number of likely N-dealkylation sites (tertiary alicyclic amines) is 1. The summed E-state index contributed by atoms with van der Waals surface area (Å²) in [6.45, 7) is 0.557. The molecule has 2 aliphatic rings. The number of anilines is 1. The second-order valence-corrected chi connectivity index (χ2v) is 6.85. The quantitative estimate of drug-likeness (QED) is 0.927. The van der Waals surface area contributed by atoms with Gasteiger partial charge in [0.05, 0.1) is 6.26 Å². The normalized spacial score (nSPS) is 20.7. The maximum atomic E-state index is 12.5. The van der Waals surface area contributed by atoms with Gasteiger partial charge >= 0.3 is 0 Å². The molecule has 1 aliphatic heterocycles. The van der Waals surface area contributed by atoms with Gasteiger partial charge < -0.3 is 9.32 Å². The van der Waals surface area contributed by atoms with E-state index in [4.69, 9.17) is 4.42 Å². The Kier molecular flexibility index (Phi) is 3.60. The summed E-state index contributed by atoms with van der Waals surface area (Å²) in [6.07, 6.45) is 5.20. The molecule has 0 radical (unpaired) electrons. The van der Waals surface area contributed by atoms with Crippen LogP contribution < -0.4 is 5.32 Å². The van der Waals surface area contributed by atoms with Crippen LogP contribution in [0.2, 0.25) is 0 Å². The molecule has 0 spiro atoms. The summed E-state index contributed by atoms with van der Waals surface area (Å²) in [5, 5.41) is 12.4. The first kappa shape index (κ1) is 14.4. The van der Waals surface area contributed by atoms with Gasteiger partial charge in [-0.3, -0.25) is 14.9 Å². The van der Waals surface area contributed by atoms with Gasteiger partial charge in [-0.15, -0.1) is 10.2 Å². The van der Waals surface area contributed by atoms with Gasteiger partial charge in [0.1, 0.15) is 11.0 Å². The summed E-state index contributed by atoms with van der Waals surface area (Å²) in [4.78, 5) is 26.5. The van der Waals surface area contributed by atoms with Gasteiger partial charge in [-0.1, -0.05) is 11.3 Å². The van der Waals surface area contributed by atoms with E-state index in [0.29, 0.717) is 24.0 Å². The summed E-state index contributed by atoms with van der Waals surface area (Å²) < 4.78 is 5.15. The van der Waals surface area contributed by atoms with Crippen molar-refractivity contribution in [1.29, 1.82) is 0 Å². The molecular formula is C15H16N4O3S. The molecule has 1 saturated carbocycles. The first-order valence-electron chi connectivity index (χ1n) is 7.71. The molecule has 120 valence electrons. The Morgan fingerprint density at radius 2 is 2.17 bits per heavy atom. The van der Waals surface area contributed by atoms with Crippen molar-refractivity contribution < 1.29 is 14.0 Å². The molecule has 0 bridgehead atoms. The second kappa shape index (κ2) is 5.77. The molecule has 1 unspecified atom stereocenters. The highest BCUT2D eigenvalue weighted by molar-refractivity contribution is 7.15. The van der Waals surface area contributed by atoms with Gasteiger partial charge in [0.25, 0.3) is 5.91 Å². The van der Waals surface area contributed by atoms with E-state index >= 15 is 0 Å². The van der Waals surface area contributed by atoms with Crippen molar-refractivity contribution in [1.82, 2.24) is 15.1 Å². The topological polar surface area (TPSA) is 88.3 Å². The molecule has 2 amide bonds. The molecular weight excluding hydrogens is 316 g/mol. The summed E-state index contributed by atoms with van der Waals surface area (Å²) in [5.74, 6) is 0.322. The monoisotopic (exact) mass is 332 g/mol. The predicted molar refractivity (Wildman–Crippen MR) is 83.3 cm³/mol. The number of aromatic nitrogens is 2. The average Bonchev–Trinajstić information content (AvgIpc) is 3.03. The Morgan fingerprint density at radius 1 is 1.30 bits per heavy atom. The minimum absolute atomic E-state index is 0.207. The van der Waals surface area contributed by atoms with E-state index in [1.807, 2.05) is 0 Å². The Bertz CT molecular complexity index is 723. The summed E-state index contributed by atoms with van der Waals surface area (Å²) in [5.41, 5.74) is 0. The van der Waals surface area contributed by atoms with E-state index in [1.54, 1.807) is 17.0 Å². The first-order valence-corrected chi connectivity index (χ1v) is 8.53. The molecule has 2 aromatic rings. The Hall–Kier alpha value is -2.22. The number of hydrogen-bond acceptors (Lipinski definition) is 6. The van der Waals surface area contributed by atoms with Crippen LogP contribution in [0.5, 0.6) is 0 Å². The summed E-state index contributed by atoms with van der Waals surface area (Å²) in [6, 6.07) is 2.79. The van der Waals surface area contributed by atoms with Crippen molar-refractivity contribution in [3.8, 4) is 0 Å². The van der Waals surface area contributed by atoms with Gasteiger partial charge in [0.15, 0.2) is 5.76 Å². The van der Waals surface area contributed by atoms with Crippen LogP contribution in [0.3, 0.4) is 0 Å². The highest BCUT2D eigenvalue weighted by Crippen LogP contribution is 2.42. The van der Waals surface area contributed by atoms with Crippen molar-refractivity contribution in [3.63, 3.8) is 0 Å². The fourth-order valence-corrected chi connectivity index (χ4v) is 3.71. The maximum absolute atomic E-state index is 12.5. The third-order valence-electron chi connectivity index (χ3n) is 4.15.